The minimum Gasteiger partial charge on any atom is -0.468 e. The normalized spacial score (nSPS) is 13.4. The van der Waals surface area contributed by atoms with Crippen LogP contribution in [0.3, 0.4) is 0 Å². The van der Waals surface area contributed by atoms with Crippen LogP contribution in [0, 0.1) is 5.92 Å². The van der Waals surface area contributed by atoms with E-state index in [1.807, 2.05) is 12.1 Å². The predicted octanol–water partition coefficient (Wildman–Crippen LogP) is 3.86. The van der Waals surface area contributed by atoms with Gasteiger partial charge in [0, 0.05) is 12.7 Å². The number of nitrogens with one attached hydrogen (secondary N) is 1. The van der Waals surface area contributed by atoms with E-state index < -0.39 is 0 Å². The summed E-state index contributed by atoms with van der Waals surface area (Å²) in [4.78, 5) is 16.6. The zero-order valence-electron chi connectivity index (χ0n) is 15.7. The summed E-state index contributed by atoms with van der Waals surface area (Å²) in [7, 11) is 3.80. The number of anilines is 1. The zero-order valence-corrected chi connectivity index (χ0v) is 16.5. The third-order valence-electron chi connectivity index (χ3n) is 4.23. The Kier molecular flexibility index (Phi) is 8.08. The maximum absolute atomic E-state index is 5.34. The second-order valence-electron chi connectivity index (χ2n) is 6.29. The standard InChI is InChI=1S/C18H29N5OS/c1-5-23(3)13-7-8-14(2)10-12-20-17(24-4)22-18-21-15-9-6-11-19-16(15)25-18/h6,9,11,14H,5,7-8,10,12-13H2,1-4H3,(H,20,21,22). The second kappa shape index (κ2) is 10.3. The quantitative estimate of drug-likeness (QED) is 0.541. The number of hydrogen-bond acceptors (Lipinski definition) is 6. The highest BCUT2D eigenvalue weighted by Crippen LogP contribution is 2.23. The molecule has 2 aromatic heterocycles. The molecule has 0 aliphatic rings. The molecule has 0 aliphatic heterocycles. The molecule has 7 heteroatoms. The largest absolute Gasteiger partial charge is 0.468 e. The van der Waals surface area contributed by atoms with Gasteiger partial charge in [-0.05, 0) is 57.5 Å². The minimum absolute atomic E-state index is 0.511. The Bertz CT molecular complexity index is 639. The average molecular weight is 364 g/mol. The molecule has 0 radical (unpaired) electrons. The number of ether oxygens (including phenoxy) is 1. The van der Waals surface area contributed by atoms with E-state index in [1.165, 1.54) is 30.7 Å². The van der Waals surface area contributed by atoms with E-state index in [2.05, 4.69) is 46.1 Å². The molecule has 1 unspecified atom stereocenters. The third-order valence-corrected chi connectivity index (χ3v) is 5.12. The van der Waals surface area contributed by atoms with E-state index in [4.69, 9.17) is 4.74 Å². The van der Waals surface area contributed by atoms with Crippen LogP contribution in [0.5, 0.6) is 0 Å². The molecule has 0 amide bonds. The van der Waals surface area contributed by atoms with Gasteiger partial charge in [-0.25, -0.2) is 15.0 Å². The van der Waals surface area contributed by atoms with E-state index >= 15 is 0 Å². The van der Waals surface area contributed by atoms with Gasteiger partial charge < -0.3 is 9.64 Å². The monoisotopic (exact) mass is 363 g/mol. The fourth-order valence-electron chi connectivity index (χ4n) is 2.47. The lowest BCUT2D eigenvalue weighted by molar-refractivity contribution is 0.327. The lowest BCUT2D eigenvalue weighted by atomic mass is 10.0. The number of aromatic nitrogens is 2. The number of hydrogen-bond donors (Lipinski definition) is 1. The maximum Gasteiger partial charge on any atom is 0.290 e. The maximum atomic E-state index is 5.34. The first-order chi connectivity index (χ1) is 12.1. The first-order valence-electron chi connectivity index (χ1n) is 8.88. The van der Waals surface area contributed by atoms with Crippen LogP contribution in [0.4, 0.5) is 5.13 Å². The van der Waals surface area contributed by atoms with E-state index in [1.54, 1.807) is 13.3 Å². The Morgan fingerprint density at radius 3 is 3.00 bits per heavy atom. The molecule has 2 rings (SSSR count). The summed E-state index contributed by atoms with van der Waals surface area (Å²) in [5.74, 6) is 0.666. The third kappa shape index (κ3) is 6.59. The van der Waals surface area contributed by atoms with Crippen molar-refractivity contribution in [3.8, 4) is 0 Å². The van der Waals surface area contributed by atoms with Crippen LogP contribution in [0.1, 0.15) is 33.1 Å². The van der Waals surface area contributed by atoms with Crippen molar-refractivity contribution < 1.29 is 4.74 Å². The van der Waals surface area contributed by atoms with E-state index in [9.17, 15) is 0 Å². The Labute approximate surface area is 154 Å². The lowest BCUT2D eigenvalue weighted by Gasteiger charge is -2.15. The molecule has 0 fully saturated rings. The highest BCUT2D eigenvalue weighted by Gasteiger charge is 2.08. The Morgan fingerprint density at radius 1 is 1.44 bits per heavy atom. The van der Waals surface area contributed by atoms with Crippen LogP contribution in [-0.2, 0) is 4.74 Å². The molecule has 1 atom stereocenters. The molecule has 0 aliphatic carbocycles. The van der Waals surface area contributed by atoms with Gasteiger partial charge >= 0.3 is 0 Å². The molecule has 0 aromatic carbocycles. The highest BCUT2D eigenvalue weighted by atomic mass is 32.1. The van der Waals surface area contributed by atoms with Crippen LogP contribution in [0.2, 0.25) is 0 Å². The molecule has 0 saturated carbocycles. The fourth-order valence-corrected chi connectivity index (χ4v) is 3.27. The summed E-state index contributed by atoms with van der Waals surface area (Å²) in [5.41, 5.74) is 0.885. The zero-order chi connectivity index (χ0) is 18.1. The molecule has 25 heavy (non-hydrogen) atoms. The smallest absolute Gasteiger partial charge is 0.290 e. The molecule has 0 bridgehead atoms. The Balaban J connectivity index is 1.77. The van der Waals surface area contributed by atoms with Crippen molar-refractivity contribution in [2.45, 2.75) is 33.1 Å². The van der Waals surface area contributed by atoms with Gasteiger partial charge in [0.1, 0.15) is 10.3 Å². The lowest BCUT2D eigenvalue weighted by Crippen LogP contribution is -2.19. The summed E-state index contributed by atoms with van der Waals surface area (Å²) < 4.78 is 5.34. The van der Waals surface area contributed by atoms with Crippen molar-refractivity contribution in [1.29, 1.82) is 0 Å². The SMILES string of the molecule is CCN(C)CCCC(C)CCN=C(Nc1nc2cccnc2s1)OC. The van der Waals surface area contributed by atoms with Crippen LogP contribution < -0.4 is 5.32 Å². The summed E-state index contributed by atoms with van der Waals surface area (Å²) >= 11 is 1.50. The van der Waals surface area contributed by atoms with Gasteiger partial charge in [-0.2, -0.15) is 0 Å². The Hall–Kier alpha value is -1.73. The molecule has 138 valence electrons. The van der Waals surface area contributed by atoms with Crippen molar-refractivity contribution in [2.75, 3.05) is 39.1 Å². The minimum atomic E-state index is 0.511. The first-order valence-corrected chi connectivity index (χ1v) is 9.69. The number of pyridine rings is 1. The van der Waals surface area contributed by atoms with Crippen molar-refractivity contribution in [3.63, 3.8) is 0 Å². The number of amidine groups is 1. The van der Waals surface area contributed by atoms with Crippen LogP contribution in [0.15, 0.2) is 23.3 Å². The van der Waals surface area contributed by atoms with Gasteiger partial charge in [0.25, 0.3) is 6.02 Å². The van der Waals surface area contributed by atoms with E-state index in [0.29, 0.717) is 11.9 Å². The second-order valence-corrected chi connectivity index (χ2v) is 7.27. The molecule has 1 N–H and O–H groups in total. The molecule has 0 saturated heterocycles. The topological polar surface area (TPSA) is 62.6 Å². The number of rotatable bonds is 9. The van der Waals surface area contributed by atoms with Gasteiger partial charge in [0.2, 0.25) is 0 Å². The molecule has 6 nitrogen and oxygen atoms in total. The predicted molar refractivity (Wildman–Crippen MR) is 107 cm³/mol. The number of thiazole rings is 1. The van der Waals surface area contributed by atoms with Gasteiger partial charge in [-0.15, -0.1) is 0 Å². The van der Waals surface area contributed by atoms with Crippen LogP contribution >= 0.6 is 11.3 Å². The molecule has 2 aromatic rings. The van der Waals surface area contributed by atoms with Crippen molar-refractivity contribution in [2.24, 2.45) is 10.9 Å². The molecular formula is C18H29N5OS. The van der Waals surface area contributed by atoms with Gasteiger partial charge in [0.05, 0.1) is 7.11 Å². The molecule has 0 spiro atoms. The first kappa shape index (κ1) is 19.6. The van der Waals surface area contributed by atoms with Gasteiger partial charge in [-0.3, -0.25) is 5.32 Å². The summed E-state index contributed by atoms with van der Waals surface area (Å²) in [6.45, 7) is 7.52. The molecular weight excluding hydrogens is 334 g/mol. The molecule has 2 heterocycles. The summed E-state index contributed by atoms with van der Waals surface area (Å²) in [5, 5.41) is 3.90. The summed E-state index contributed by atoms with van der Waals surface area (Å²) in [6.07, 6.45) is 5.31. The Morgan fingerprint density at radius 2 is 2.28 bits per heavy atom. The highest BCUT2D eigenvalue weighted by molar-refractivity contribution is 7.21. The van der Waals surface area contributed by atoms with Gasteiger partial charge in [0.15, 0.2) is 5.13 Å². The average Bonchev–Trinajstić information content (AvgIpc) is 3.03. The van der Waals surface area contributed by atoms with E-state index in [-0.39, 0.29) is 0 Å². The number of methoxy groups -OCH3 is 1. The van der Waals surface area contributed by atoms with Crippen LogP contribution in [-0.4, -0.2) is 54.7 Å². The van der Waals surface area contributed by atoms with Crippen molar-refractivity contribution in [3.05, 3.63) is 18.3 Å². The van der Waals surface area contributed by atoms with Gasteiger partial charge in [-0.1, -0.05) is 25.2 Å². The number of fused-ring (bicyclic) bond motifs is 1. The van der Waals surface area contributed by atoms with Crippen molar-refractivity contribution >= 4 is 32.8 Å². The van der Waals surface area contributed by atoms with Crippen molar-refractivity contribution in [1.82, 2.24) is 14.9 Å². The number of nitrogens with zero attached hydrogens (tertiary/aromatic N) is 4. The fraction of sp³-hybridized carbons (Fsp3) is 0.611. The summed E-state index contributed by atoms with van der Waals surface area (Å²) in [6, 6.07) is 4.35. The number of aliphatic imine (C=N–C) groups is 1. The van der Waals surface area contributed by atoms with Crippen LogP contribution in [0.25, 0.3) is 10.3 Å². The van der Waals surface area contributed by atoms with E-state index in [0.717, 1.165) is 35.0 Å².